The third-order valence-corrected chi connectivity index (χ3v) is 3.50. The van der Waals surface area contributed by atoms with Gasteiger partial charge in [0.1, 0.15) is 22.8 Å². The Bertz CT molecular complexity index is 873. The molecule has 0 bridgehead atoms. The van der Waals surface area contributed by atoms with Gasteiger partial charge in [-0.15, -0.1) is 0 Å². The van der Waals surface area contributed by atoms with E-state index in [9.17, 15) is 15.0 Å². The summed E-state index contributed by atoms with van der Waals surface area (Å²) in [5, 5.41) is 23.4. The quantitative estimate of drug-likeness (QED) is 0.699. The molecule has 1 heterocycles. The summed E-state index contributed by atoms with van der Waals surface area (Å²) in [6.07, 6.45) is 0. The predicted molar refractivity (Wildman–Crippen MR) is 85.8 cm³/mol. The van der Waals surface area contributed by atoms with Crippen molar-refractivity contribution in [3.8, 4) is 22.8 Å². The van der Waals surface area contributed by atoms with Gasteiger partial charge >= 0.3 is 5.97 Å². The number of carbonyl (C=O) groups excluding carboxylic acids is 1. The maximum Gasteiger partial charge on any atom is 0.342 e. The van der Waals surface area contributed by atoms with E-state index in [-0.39, 0.29) is 23.7 Å². The van der Waals surface area contributed by atoms with Gasteiger partial charge in [0, 0.05) is 22.7 Å². The molecule has 24 heavy (non-hydrogen) atoms. The van der Waals surface area contributed by atoms with Crippen molar-refractivity contribution in [3.63, 3.8) is 0 Å². The van der Waals surface area contributed by atoms with Crippen LogP contribution in [0, 0.1) is 0 Å². The number of phenols is 2. The van der Waals surface area contributed by atoms with Gasteiger partial charge in [-0.25, -0.2) is 4.79 Å². The van der Waals surface area contributed by atoms with Gasteiger partial charge in [-0.2, -0.15) is 0 Å². The lowest BCUT2D eigenvalue weighted by Gasteiger charge is -2.04. The summed E-state index contributed by atoms with van der Waals surface area (Å²) < 4.78 is 10.2. The summed E-state index contributed by atoms with van der Waals surface area (Å²) in [7, 11) is 0. The molecule has 3 aromatic rings. The average Bonchev–Trinajstić information content (AvgIpc) is 3.02. The van der Waals surface area contributed by atoms with Crippen molar-refractivity contribution >= 4 is 17.6 Å². The Kier molecular flexibility index (Phi) is 4.39. The average molecular weight is 346 g/mol. The third-order valence-electron chi connectivity index (χ3n) is 3.25. The Morgan fingerprint density at radius 2 is 1.88 bits per heavy atom. The van der Waals surface area contributed by atoms with Crippen LogP contribution in [0.1, 0.15) is 16.1 Å². The molecule has 0 spiro atoms. The normalized spacial score (nSPS) is 10.5. The number of rotatable bonds is 4. The lowest BCUT2D eigenvalue weighted by atomic mass is 10.1. The van der Waals surface area contributed by atoms with Crippen LogP contribution in [-0.4, -0.2) is 21.3 Å². The first kappa shape index (κ1) is 15.9. The highest BCUT2D eigenvalue weighted by molar-refractivity contribution is 6.30. The minimum absolute atomic E-state index is 0.0507. The SMILES string of the molecule is O=C(OCc1cc(-c2ccc(Cl)cc2)no1)c1ccc(O)cc1O. The molecule has 2 aromatic carbocycles. The number of phenolic OH excluding ortho intramolecular Hbond substituents is 2. The summed E-state index contributed by atoms with van der Waals surface area (Å²) in [6, 6.07) is 12.3. The monoisotopic (exact) mass is 345 g/mol. The van der Waals surface area contributed by atoms with Crippen LogP contribution in [0.25, 0.3) is 11.3 Å². The molecule has 7 heteroatoms. The fourth-order valence-electron chi connectivity index (χ4n) is 2.04. The van der Waals surface area contributed by atoms with Crippen LogP contribution in [0.5, 0.6) is 11.5 Å². The lowest BCUT2D eigenvalue weighted by molar-refractivity contribution is 0.0434. The topological polar surface area (TPSA) is 92.8 Å². The van der Waals surface area contributed by atoms with Crippen LogP contribution in [0.3, 0.4) is 0 Å². The zero-order valence-electron chi connectivity index (χ0n) is 12.3. The number of hydrogen-bond acceptors (Lipinski definition) is 6. The van der Waals surface area contributed by atoms with E-state index in [1.807, 2.05) is 0 Å². The van der Waals surface area contributed by atoms with Crippen LogP contribution in [0.2, 0.25) is 5.02 Å². The maximum atomic E-state index is 11.9. The van der Waals surface area contributed by atoms with Gasteiger partial charge in [0.25, 0.3) is 0 Å². The molecule has 0 radical (unpaired) electrons. The standard InChI is InChI=1S/C17H12ClNO5/c18-11-3-1-10(2-4-11)15-8-13(24-19-15)9-23-17(22)14-6-5-12(20)7-16(14)21/h1-8,20-21H,9H2. The number of carbonyl (C=O) groups is 1. The molecule has 0 saturated heterocycles. The summed E-state index contributed by atoms with van der Waals surface area (Å²) in [4.78, 5) is 11.9. The third kappa shape index (κ3) is 3.49. The molecule has 0 saturated carbocycles. The van der Waals surface area contributed by atoms with Crippen molar-refractivity contribution in [1.82, 2.24) is 5.16 Å². The molecule has 0 atom stereocenters. The van der Waals surface area contributed by atoms with E-state index in [1.54, 1.807) is 30.3 Å². The van der Waals surface area contributed by atoms with Gasteiger partial charge in [0.15, 0.2) is 12.4 Å². The summed E-state index contributed by atoms with van der Waals surface area (Å²) >= 11 is 5.83. The highest BCUT2D eigenvalue weighted by Crippen LogP contribution is 2.24. The highest BCUT2D eigenvalue weighted by Gasteiger charge is 2.15. The second kappa shape index (κ2) is 6.64. The number of benzene rings is 2. The van der Waals surface area contributed by atoms with E-state index in [0.717, 1.165) is 11.6 Å². The van der Waals surface area contributed by atoms with Crippen LogP contribution in [0.4, 0.5) is 0 Å². The molecule has 0 aliphatic heterocycles. The largest absolute Gasteiger partial charge is 0.508 e. The lowest BCUT2D eigenvalue weighted by Crippen LogP contribution is -2.05. The molecule has 3 rings (SSSR count). The molecule has 0 aliphatic carbocycles. The summed E-state index contributed by atoms with van der Waals surface area (Å²) in [5.41, 5.74) is 1.35. The Hall–Kier alpha value is -2.99. The van der Waals surface area contributed by atoms with Gasteiger partial charge in [-0.05, 0) is 24.3 Å². The van der Waals surface area contributed by atoms with Gasteiger partial charge in [-0.1, -0.05) is 28.9 Å². The molecular weight excluding hydrogens is 334 g/mol. The highest BCUT2D eigenvalue weighted by atomic mass is 35.5. The zero-order valence-corrected chi connectivity index (χ0v) is 13.0. The molecule has 0 unspecified atom stereocenters. The van der Waals surface area contributed by atoms with E-state index < -0.39 is 5.97 Å². The van der Waals surface area contributed by atoms with Crippen LogP contribution in [-0.2, 0) is 11.3 Å². The smallest absolute Gasteiger partial charge is 0.342 e. The Morgan fingerprint density at radius 3 is 2.58 bits per heavy atom. The maximum absolute atomic E-state index is 11.9. The van der Waals surface area contributed by atoms with E-state index in [0.29, 0.717) is 16.5 Å². The Labute approximate surface area is 141 Å². The van der Waals surface area contributed by atoms with E-state index in [4.69, 9.17) is 20.9 Å². The Morgan fingerprint density at radius 1 is 1.12 bits per heavy atom. The minimum Gasteiger partial charge on any atom is -0.508 e. The molecule has 0 aliphatic rings. The minimum atomic E-state index is -0.739. The van der Waals surface area contributed by atoms with Crippen molar-refractivity contribution in [2.24, 2.45) is 0 Å². The second-order valence-electron chi connectivity index (χ2n) is 4.96. The van der Waals surface area contributed by atoms with Gasteiger partial charge in [0.2, 0.25) is 0 Å². The van der Waals surface area contributed by atoms with Crippen LogP contribution < -0.4 is 0 Å². The molecule has 122 valence electrons. The number of hydrogen-bond donors (Lipinski definition) is 2. The first-order chi connectivity index (χ1) is 11.5. The van der Waals surface area contributed by atoms with Crippen LogP contribution in [0.15, 0.2) is 53.1 Å². The zero-order chi connectivity index (χ0) is 17.1. The van der Waals surface area contributed by atoms with Gasteiger partial charge in [0.05, 0.1) is 0 Å². The first-order valence-corrected chi connectivity index (χ1v) is 7.31. The van der Waals surface area contributed by atoms with Gasteiger partial charge < -0.3 is 19.5 Å². The van der Waals surface area contributed by atoms with Crippen molar-refractivity contribution in [1.29, 1.82) is 0 Å². The van der Waals surface area contributed by atoms with Crippen molar-refractivity contribution in [2.75, 3.05) is 0 Å². The predicted octanol–water partition coefficient (Wildman–Crippen LogP) is 3.76. The number of nitrogens with zero attached hydrogens (tertiary/aromatic N) is 1. The molecule has 1 aromatic heterocycles. The molecule has 0 amide bonds. The fraction of sp³-hybridized carbons (Fsp3) is 0.0588. The second-order valence-corrected chi connectivity index (χ2v) is 5.40. The summed E-state index contributed by atoms with van der Waals surface area (Å²) in [6.45, 7) is -0.139. The molecule has 0 fully saturated rings. The number of ether oxygens (including phenoxy) is 1. The van der Waals surface area contributed by atoms with E-state index >= 15 is 0 Å². The van der Waals surface area contributed by atoms with E-state index in [1.165, 1.54) is 12.1 Å². The summed E-state index contributed by atoms with van der Waals surface area (Å²) in [5.74, 6) is -0.894. The van der Waals surface area contributed by atoms with Crippen molar-refractivity contribution in [2.45, 2.75) is 6.61 Å². The molecule has 6 nitrogen and oxygen atoms in total. The number of esters is 1. The van der Waals surface area contributed by atoms with Gasteiger partial charge in [-0.3, -0.25) is 0 Å². The number of halogens is 1. The van der Waals surface area contributed by atoms with E-state index in [2.05, 4.69) is 5.16 Å². The van der Waals surface area contributed by atoms with Crippen molar-refractivity contribution < 1.29 is 24.3 Å². The number of aromatic hydroxyl groups is 2. The molecular formula is C17H12ClNO5. The fourth-order valence-corrected chi connectivity index (χ4v) is 2.17. The van der Waals surface area contributed by atoms with Crippen LogP contribution >= 0.6 is 11.6 Å². The first-order valence-electron chi connectivity index (χ1n) is 6.93. The van der Waals surface area contributed by atoms with Crippen molar-refractivity contribution in [3.05, 3.63) is 64.9 Å². The molecule has 2 N–H and O–H groups in total. The number of aromatic nitrogens is 1. The Balaban J connectivity index is 1.67.